The van der Waals surface area contributed by atoms with Gasteiger partial charge >= 0.3 is 0 Å². The molecular weight excluding hydrogens is 284 g/mol. The van der Waals surface area contributed by atoms with Gasteiger partial charge in [-0.15, -0.1) is 6.58 Å². The highest BCUT2D eigenvalue weighted by atomic mass is 32.2. The summed E-state index contributed by atoms with van der Waals surface area (Å²) in [6.45, 7) is 12.1. The van der Waals surface area contributed by atoms with E-state index in [9.17, 15) is 0 Å². The monoisotopic (exact) mass is 310 g/mol. The Labute approximate surface area is 131 Å². The largest absolute Gasteiger partial charge is 0.359 e. The van der Waals surface area contributed by atoms with Crippen molar-refractivity contribution in [1.82, 2.24) is 15.8 Å². The standard InChI is InChI=1S/C15H26N4OS/c1-5-8-21-9-7-17-15(16-6-2)18-11-13-10-14(12(3)4)19-20-13/h5,10,12H,1,6-9,11H2,2-4H3,(H2,16,17,18). The molecule has 0 atom stereocenters. The summed E-state index contributed by atoms with van der Waals surface area (Å²) >= 11 is 1.84. The normalized spacial score (nSPS) is 11.7. The van der Waals surface area contributed by atoms with Crippen LogP contribution in [-0.4, -0.2) is 35.7 Å². The lowest BCUT2D eigenvalue weighted by Gasteiger charge is -2.10. The summed E-state index contributed by atoms with van der Waals surface area (Å²) in [5.74, 6) is 3.97. The van der Waals surface area contributed by atoms with Gasteiger partial charge in [0.25, 0.3) is 0 Å². The van der Waals surface area contributed by atoms with Crippen LogP contribution >= 0.6 is 11.8 Å². The van der Waals surface area contributed by atoms with Crippen molar-refractivity contribution >= 4 is 17.7 Å². The highest BCUT2D eigenvalue weighted by molar-refractivity contribution is 7.99. The zero-order valence-electron chi connectivity index (χ0n) is 13.2. The quantitative estimate of drug-likeness (QED) is 0.318. The molecule has 1 aromatic heterocycles. The third-order valence-electron chi connectivity index (χ3n) is 2.68. The third-order valence-corrected chi connectivity index (χ3v) is 3.64. The number of hydrogen-bond acceptors (Lipinski definition) is 4. The Morgan fingerprint density at radius 3 is 2.95 bits per heavy atom. The van der Waals surface area contributed by atoms with E-state index in [0.29, 0.717) is 12.5 Å². The van der Waals surface area contributed by atoms with E-state index >= 15 is 0 Å². The molecule has 0 saturated carbocycles. The predicted molar refractivity (Wildman–Crippen MR) is 90.9 cm³/mol. The minimum atomic E-state index is 0.375. The van der Waals surface area contributed by atoms with Crippen molar-refractivity contribution < 1.29 is 4.52 Å². The van der Waals surface area contributed by atoms with Crippen molar-refractivity contribution in [3.8, 4) is 0 Å². The van der Waals surface area contributed by atoms with E-state index in [4.69, 9.17) is 4.52 Å². The van der Waals surface area contributed by atoms with E-state index in [2.05, 4.69) is 48.1 Å². The molecular formula is C15H26N4OS. The van der Waals surface area contributed by atoms with Crippen LogP contribution in [0.2, 0.25) is 0 Å². The Bertz CT molecular complexity index is 443. The maximum atomic E-state index is 5.28. The molecule has 0 aliphatic heterocycles. The molecule has 0 fully saturated rings. The first kappa shape index (κ1) is 17.6. The lowest BCUT2D eigenvalue weighted by atomic mass is 10.1. The van der Waals surface area contributed by atoms with Crippen molar-refractivity contribution in [2.24, 2.45) is 4.99 Å². The van der Waals surface area contributed by atoms with Crippen LogP contribution in [0.4, 0.5) is 0 Å². The third kappa shape index (κ3) is 7.22. The summed E-state index contributed by atoms with van der Waals surface area (Å²) in [5, 5.41) is 10.6. The first-order valence-corrected chi connectivity index (χ1v) is 8.49. The van der Waals surface area contributed by atoms with Crippen LogP contribution in [0.15, 0.2) is 28.2 Å². The molecule has 0 amide bonds. The van der Waals surface area contributed by atoms with E-state index in [1.807, 2.05) is 23.9 Å². The summed E-state index contributed by atoms with van der Waals surface area (Å²) < 4.78 is 5.28. The van der Waals surface area contributed by atoms with Crippen molar-refractivity contribution in [1.29, 1.82) is 0 Å². The highest BCUT2D eigenvalue weighted by Crippen LogP contribution is 2.14. The minimum Gasteiger partial charge on any atom is -0.359 e. The van der Waals surface area contributed by atoms with Crippen LogP contribution in [-0.2, 0) is 6.54 Å². The molecule has 5 nitrogen and oxygen atoms in total. The Morgan fingerprint density at radius 2 is 2.33 bits per heavy atom. The average molecular weight is 310 g/mol. The van der Waals surface area contributed by atoms with Gasteiger partial charge in [-0.3, -0.25) is 0 Å². The second-order valence-corrected chi connectivity index (χ2v) is 6.01. The Hall–Kier alpha value is -1.43. The van der Waals surface area contributed by atoms with Crippen molar-refractivity contribution in [2.45, 2.75) is 33.2 Å². The first-order chi connectivity index (χ1) is 10.2. The Balaban J connectivity index is 2.44. The van der Waals surface area contributed by atoms with Gasteiger partial charge in [0.05, 0.1) is 5.69 Å². The molecule has 0 aliphatic rings. The Kier molecular flexibility index (Phi) is 8.66. The molecule has 0 saturated heterocycles. The molecule has 0 aliphatic carbocycles. The molecule has 1 rings (SSSR count). The molecule has 1 aromatic rings. The number of nitrogens with one attached hydrogen (secondary N) is 2. The number of aliphatic imine (C=N–C) groups is 1. The van der Waals surface area contributed by atoms with E-state index < -0.39 is 0 Å². The van der Waals surface area contributed by atoms with E-state index in [0.717, 1.165) is 42.0 Å². The molecule has 1 heterocycles. The van der Waals surface area contributed by atoms with Crippen LogP contribution in [0.1, 0.15) is 38.1 Å². The molecule has 2 N–H and O–H groups in total. The van der Waals surface area contributed by atoms with Gasteiger partial charge in [0.15, 0.2) is 11.7 Å². The smallest absolute Gasteiger partial charge is 0.191 e. The van der Waals surface area contributed by atoms with E-state index in [1.165, 1.54) is 0 Å². The maximum absolute atomic E-state index is 5.28. The van der Waals surface area contributed by atoms with Crippen LogP contribution in [0, 0.1) is 0 Å². The number of nitrogens with zero attached hydrogens (tertiary/aromatic N) is 2. The van der Waals surface area contributed by atoms with Crippen molar-refractivity contribution in [3.63, 3.8) is 0 Å². The van der Waals surface area contributed by atoms with Gasteiger partial charge in [-0.25, -0.2) is 4.99 Å². The summed E-state index contributed by atoms with van der Waals surface area (Å²) in [4.78, 5) is 4.51. The van der Waals surface area contributed by atoms with E-state index in [1.54, 1.807) is 0 Å². The molecule has 6 heteroatoms. The summed E-state index contributed by atoms with van der Waals surface area (Å²) in [5.41, 5.74) is 0.971. The van der Waals surface area contributed by atoms with Crippen molar-refractivity contribution in [2.75, 3.05) is 24.6 Å². The number of aromatic nitrogens is 1. The summed E-state index contributed by atoms with van der Waals surface area (Å²) in [7, 11) is 0. The van der Waals surface area contributed by atoms with Gasteiger partial charge in [0, 0.05) is 30.7 Å². The van der Waals surface area contributed by atoms with Crippen LogP contribution < -0.4 is 10.6 Å². The number of thioether (sulfide) groups is 1. The van der Waals surface area contributed by atoms with Crippen LogP contribution in [0.25, 0.3) is 0 Å². The van der Waals surface area contributed by atoms with Gasteiger partial charge < -0.3 is 15.2 Å². The second kappa shape index (κ2) is 10.3. The topological polar surface area (TPSA) is 62.5 Å². The predicted octanol–water partition coefficient (Wildman–Crippen LogP) is 2.77. The lowest BCUT2D eigenvalue weighted by Crippen LogP contribution is -2.38. The zero-order valence-corrected chi connectivity index (χ0v) is 14.0. The van der Waals surface area contributed by atoms with Crippen LogP contribution in [0.3, 0.4) is 0 Å². The fourth-order valence-electron chi connectivity index (χ4n) is 1.58. The molecule has 0 spiro atoms. The minimum absolute atomic E-state index is 0.375. The molecule has 0 bridgehead atoms. The maximum Gasteiger partial charge on any atom is 0.191 e. The van der Waals surface area contributed by atoms with Gasteiger partial charge in [-0.2, -0.15) is 11.8 Å². The fourth-order valence-corrected chi connectivity index (χ4v) is 2.16. The number of guanidine groups is 1. The van der Waals surface area contributed by atoms with Gasteiger partial charge in [0.1, 0.15) is 6.54 Å². The fraction of sp³-hybridized carbons (Fsp3) is 0.600. The average Bonchev–Trinajstić information content (AvgIpc) is 2.93. The van der Waals surface area contributed by atoms with E-state index in [-0.39, 0.29) is 0 Å². The van der Waals surface area contributed by atoms with Gasteiger partial charge in [-0.1, -0.05) is 25.1 Å². The molecule has 0 radical (unpaired) electrons. The highest BCUT2D eigenvalue weighted by Gasteiger charge is 2.07. The van der Waals surface area contributed by atoms with Gasteiger partial charge in [-0.05, 0) is 12.8 Å². The zero-order chi connectivity index (χ0) is 15.5. The van der Waals surface area contributed by atoms with Gasteiger partial charge in [0.2, 0.25) is 0 Å². The number of hydrogen-bond donors (Lipinski definition) is 2. The molecule has 118 valence electrons. The summed E-state index contributed by atoms with van der Waals surface area (Å²) in [6, 6.07) is 1.97. The molecule has 21 heavy (non-hydrogen) atoms. The molecule has 0 unspecified atom stereocenters. The Morgan fingerprint density at radius 1 is 1.52 bits per heavy atom. The lowest BCUT2D eigenvalue weighted by molar-refractivity contribution is 0.376. The first-order valence-electron chi connectivity index (χ1n) is 7.33. The summed E-state index contributed by atoms with van der Waals surface area (Å²) in [6.07, 6.45) is 1.92. The van der Waals surface area contributed by atoms with Crippen molar-refractivity contribution in [3.05, 3.63) is 30.2 Å². The second-order valence-electron chi connectivity index (χ2n) is 4.86. The number of rotatable bonds is 9. The SMILES string of the molecule is C=CCSCCNC(=NCc1cc(C(C)C)no1)NCC. The van der Waals surface area contributed by atoms with Crippen LogP contribution in [0.5, 0.6) is 0 Å². The molecule has 0 aromatic carbocycles.